The number of carbonyl (C=O) groups is 3. The number of anilines is 1. The van der Waals surface area contributed by atoms with Crippen LogP contribution in [0.5, 0.6) is 0 Å². The maximum atomic E-state index is 12.2. The standard InChI is InChI=1S/C16H19ClN2O4S/c1-3-8(2)14(16(22)23)19-13(20)7-12-15(21)18-10-6-9(17)4-5-11(10)24-12/h4-6,8,12,14H,3,7H2,1-2H3,(H,18,21)(H,19,20)(H,22,23)/t8-,12?,14-/m0/s1. The molecule has 130 valence electrons. The number of thioether (sulfide) groups is 1. The van der Waals surface area contributed by atoms with Crippen LogP contribution < -0.4 is 10.6 Å². The van der Waals surface area contributed by atoms with Crippen molar-refractivity contribution in [1.82, 2.24) is 5.32 Å². The highest BCUT2D eigenvalue weighted by molar-refractivity contribution is 8.01. The molecule has 24 heavy (non-hydrogen) atoms. The first-order chi connectivity index (χ1) is 11.3. The van der Waals surface area contributed by atoms with Crippen molar-refractivity contribution in [3.8, 4) is 0 Å². The predicted molar refractivity (Wildman–Crippen MR) is 93.4 cm³/mol. The Labute approximate surface area is 149 Å². The third-order valence-corrected chi connectivity index (χ3v) is 5.44. The van der Waals surface area contributed by atoms with Crippen LogP contribution in [0, 0.1) is 5.92 Å². The van der Waals surface area contributed by atoms with Crippen LogP contribution >= 0.6 is 23.4 Å². The normalized spacial score (nSPS) is 19.0. The first kappa shape index (κ1) is 18.6. The van der Waals surface area contributed by atoms with Crippen molar-refractivity contribution in [3.63, 3.8) is 0 Å². The minimum Gasteiger partial charge on any atom is -0.480 e. The smallest absolute Gasteiger partial charge is 0.326 e. The number of carbonyl (C=O) groups excluding carboxylic acids is 2. The predicted octanol–water partition coefficient (Wildman–Crippen LogP) is 2.76. The fourth-order valence-electron chi connectivity index (χ4n) is 2.34. The zero-order chi connectivity index (χ0) is 17.9. The van der Waals surface area contributed by atoms with Crippen LogP contribution in [0.4, 0.5) is 5.69 Å². The van der Waals surface area contributed by atoms with Gasteiger partial charge in [-0.3, -0.25) is 9.59 Å². The lowest BCUT2D eigenvalue weighted by molar-refractivity contribution is -0.143. The summed E-state index contributed by atoms with van der Waals surface area (Å²) in [4.78, 5) is 36.4. The first-order valence-electron chi connectivity index (χ1n) is 7.61. The van der Waals surface area contributed by atoms with Gasteiger partial charge in [-0.05, 0) is 24.1 Å². The highest BCUT2D eigenvalue weighted by Crippen LogP contribution is 2.38. The Hall–Kier alpha value is -1.73. The second kappa shape index (κ2) is 7.90. The van der Waals surface area contributed by atoms with Gasteiger partial charge < -0.3 is 15.7 Å². The number of carboxylic acids is 1. The number of fused-ring (bicyclic) bond motifs is 1. The number of benzene rings is 1. The Morgan fingerprint density at radius 1 is 1.46 bits per heavy atom. The number of hydrogen-bond acceptors (Lipinski definition) is 4. The van der Waals surface area contributed by atoms with Gasteiger partial charge in [-0.15, -0.1) is 11.8 Å². The number of rotatable bonds is 6. The molecule has 1 aliphatic heterocycles. The van der Waals surface area contributed by atoms with Gasteiger partial charge in [-0.25, -0.2) is 4.79 Å². The molecule has 1 heterocycles. The van der Waals surface area contributed by atoms with Gasteiger partial charge in [0.25, 0.3) is 0 Å². The van der Waals surface area contributed by atoms with E-state index in [0.717, 1.165) is 4.90 Å². The van der Waals surface area contributed by atoms with Gasteiger partial charge in [0.05, 0.1) is 10.9 Å². The summed E-state index contributed by atoms with van der Waals surface area (Å²) in [7, 11) is 0. The third-order valence-electron chi connectivity index (χ3n) is 3.93. The summed E-state index contributed by atoms with van der Waals surface area (Å²) in [6.07, 6.45) is 0.544. The van der Waals surface area contributed by atoms with E-state index in [0.29, 0.717) is 17.1 Å². The number of amides is 2. The molecule has 0 fully saturated rings. The van der Waals surface area contributed by atoms with Crippen LogP contribution in [-0.2, 0) is 14.4 Å². The van der Waals surface area contributed by atoms with Crippen molar-refractivity contribution in [2.45, 2.75) is 42.9 Å². The summed E-state index contributed by atoms with van der Waals surface area (Å²) < 4.78 is 0. The van der Waals surface area contributed by atoms with Gasteiger partial charge in [0, 0.05) is 16.3 Å². The summed E-state index contributed by atoms with van der Waals surface area (Å²) in [5, 5.41) is 14.4. The van der Waals surface area contributed by atoms with Gasteiger partial charge in [-0.2, -0.15) is 0 Å². The van der Waals surface area contributed by atoms with Crippen molar-refractivity contribution in [2.75, 3.05) is 5.32 Å². The van der Waals surface area contributed by atoms with Crippen molar-refractivity contribution >= 4 is 46.8 Å². The average Bonchev–Trinajstić information content (AvgIpc) is 2.52. The molecular formula is C16H19ClN2O4S. The van der Waals surface area contributed by atoms with Gasteiger partial charge in [0.1, 0.15) is 6.04 Å². The highest BCUT2D eigenvalue weighted by Gasteiger charge is 2.31. The van der Waals surface area contributed by atoms with Crippen LogP contribution in [0.2, 0.25) is 5.02 Å². The highest BCUT2D eigenvalue weighted by atomic mass is 35.5. The Kier molecular flexibility index (Phi) is 6.12. The first-order valence-corrected chi connectivity index (χ1v) is 8.86. The van der Waals surface area contributed by atoms with Crippen molar-refractivity contribution in [2.24, 2.45) is 5.92 Å². The molecule has 3 N–H and O–H groups in total. The Morgan fingerprint density at radius 2 is 2.17 bits per heavy atom. The summed E-state index contributed by atoms with van der Waals surface area (Å²) in [6.45, 7) is 3.63. The van der Waals surface area contributed by atoms with E-state index < -0.39 is 23.2 Å². The summed E-state index contributed by atoms with van der Waals surface area (Å²) in [6, 6.07) is 4.20. The average molecular weight is 371 g/mol. The zero-order valence-electron chi connectivity index (χ0n) is 13.3. The minimum absolute atomic E-state index is 0.0845. The number of nitrogens with one attached hydrogen (secondary N) is 2. The Morgan fingerprint density at radius 3 is 2.79 bits per heavy atom. The fourth-order valence-corrected chi connectivity index (χ4v) is 3.60. The van der Waals surface area contributed by atoms with E-state index in [4.69, 9.17) is 11.6 Å². The summed E-state index contributed by atoms with van der Waals surface area (Å²) in [5.74, 6) is -2.01. The molecule has 1 aromatic rings. The van der Waals surface area contributed by atoms with Crippen molar-refractivity contribution in [3.05, 3.63) is 23.2 Å². The lowest BCUT2D eigenvalue weighted by Crippen LogP contribution is -2.46. The van der Waals surface area contributed by atoms with Gasteiger partial charge in [0.15, 0.2) is 0 Å². The molecule has 1 aliphatic rings. The third kappa shape index (κ3) is 4.42. The van der Waals surface area contributed by atoms with Crippen LogP contribution in [-0.4, -0.2) is 34.2 Å². The minimum atomic E-state index is -1.07. The van der Waals surface area contributed by atoms with E-state index in [1.807, 2.05) is 6.92 Å². The Bertz CT molecular complexity index is 667. The molecule has 1 aromatic carbocycles. The molecule has 0 saturated heterocycles. The molecule has 0 aromatic heterocycles. The van der Waals surface area contributed by atoms with E-state index in [-0.39, 0.29) is 18.2 Å². The second-order valence-corrected chi connectivity index (χ2v) is 7.39. The largest absolute Gasteiger partial charge is 0.480 e. The van der Waals surface area contributed by atoms with Gasteiger partial charge in [-0.1, -0.05) is 31.9 Å². The van der Waals surface area contributed by atoms with E-state index in [1.165, 1.54) is 11.8 Å². The Balaban J connectivity index is 2.02. The molecular weight excluding hydrogens is 352 g/mol. The molecule has 0 saturated carbocycles. The number of carboxylic acid groups (broad SMARTS) is 1. The molecule has 0 spiro atoms. The lowest BCUT2D eigenvalue weighted by atomic mass is 9.99. The van der Waals surface area contributed by atoms with Crippen LogP contribution in [0.3, 0.4) is 0 Å². The maximum Gasteiger partial charge on any atom is 0.326 e. The molecule has 0 radical (unpaired) electrons. The zero-order valence-corrected chi connectivity index (χ0v) is 14.9. The summed E-state index contributed by atoms with van der Waals surface area (Å²) >= 11 is 7.17. The number of aliphatic carboxylic acids is 1. The molecule has 1 unspecified atom stereocenters. The molecule has 2 rings (SSSR count). The molecule has 2 amide bonds. The fraction of sp³-hybridized carbons (Fsp3) is 0.438. The topological polar surface area (TPSA) is 95.5 Å². The van der Waals surface area contributed by atoms with Gasteiger partial charge >= 0.3 is 5.97 Å². The summed E-state index contributed by atoms with van der Waals surface area (Å²) in [5.41, 5.74) is 0.622. The van der Waals surface area contributed by atoms with Gasteiger partial charge in [0.2, 0.25) is 11.8 Å². The van der Waals surface area contributed by atoms with Crippen molar-refractivity contribution in [1.29, 1.82) is 0 Å². The van der Waals surface area contributed by atoms with E-state index in [2.05, 4.69) is 10.6 Å². The van der Waals surface area contributed by atoms with Crippen LogP contribution in [0.25, 0.3) is 0 Å². The number of halogens is 1. The van der Waals surface area contributed by atoms with E-state index in [9.17, 15) is 19.5 Å². The second-order valence-electron chi connectivity index (χ2n) is 5.71. The molecule has 0 bridgehead atoms. The SMILES string of the molecule is CC[C@H](C)[C@H](NC(=O)CC1Sc2ccc(Cl)cc2NC1=O)C(=O)O. The van der Waals surface area contributed by atoms with Crippen LogP contribution in [0.15, 0.2) is 23.1 Å². The molecule has 3 atom stereocenters. The lowest BCUT2D eigenvalue weighted by Gasteiger charge is -2.25. The quantitative estimate of drug-likeness (QED) is 0.715. The van der Waals surface area contributed by atoms with Crippen molar-refractivity contribution < 1.29 is 19.5 Å². The maximum absolute atomic E-state index is 12.2. The molecule has 8 heteroatoms. The van der Waals surface area contributed by atoms with E-state index in [1.54, 1.807) is 25.1 Å². The van der Waals surface area contributed by atoms with E-state index >= 15 is 0 Å². The number of hydrogen-bond donors (Lipinski definition) is 3. The monoisotopic (exact) mass is 370 g/mol. The molecule has 0 aliphatic carbocycles. The van der Waals surface area contributed by atoms with Crippen LogP contribution in [0.1, 0.15) is 26.7 Å². The molecule has 6 nitrogen and oxygen atoms in total.